The zero-order valence-corrected chi connectivity index (χ0v) is 13.6. The molecule has 0 aromatic heterocycles. The van der Waals surface area contributed by atoms with Gasteiger partial charge in [0.2, 0.25) is 10.0 Å². The number of anilines is 1. The maximum absolute atomic E-state index is 12.4. The van der Waals surface area contributed by atoms with Crippen LogP contribution in [0, 0.1) is 6.92 Å². The largest absolute Gasteiger partial charge is 0.398 e. The van der Waals surface area contributed by atoms with E-state index in [9.17, 15) is 8.42 Å². The van der Waals surface area contributed by atoms with Gasteiger partial charge in [0.05, 0.1) is 4.90 Å². The molecule has 2 rings (SSSR count). The Balaban J connectivity index is 2.00. The number of likely N-dealkylation sites (tertiary alicyclic amines) is 1. The van der Waals surface area contributed by atoms with Gasteiger partial charge in [-0.2, -0.15) is 0 Å². The van der Waals surface area contributed by atoms with Crippen LogP contribution < -0.4 is 10.5 Å². The predicted molar refractivity (Wildman–Crippen MR) is 85.7 cm³/mol. The van der Waals surface area contributed by atoms with Crippen molar-refractivity contribution in [2.75, 3.05) is 25.4 Å². The van der Waals surface area contributed by atoms with E-state index in [1.165, 1.54) is 25.3 Å². The fourth-order valence-electron chi connectivity index (χ4n) is 2.69. The van der Waals surface area contributed by atoms with Gasteiger partial charge in [-0.1, -0.05) is 12.5 Å². The fraction of sp³-hybridized carbons (Fsp3) is 0.600. The molecule has 1 fully saturated rings. The van der Waals surface area contributed by atoms with Crippen molar-refractivity contribution in [3.05, 3.63) is 23.8 Å². The number of hydrogen-bond acceptors (Lipinski definition) is 4. The van der Waals surface area contributed by atoms with Gasteiger partial charge in [0, 0.05) is 18.3 Å². The summed E-state index contributed by atoms with van der Waals surface area (Å²) in [6, 6.07) is 4.74. The summed E-state index contributed by atoms with van der Waals surface area (Å²) in [5.41, 5.74) is 7.18. The summed E-state index contributed by atoms with van der Waals surface area (Å²) in [6.07, 6.45) is 3.68. The summed E-state index contributed by atoms with van der Waals surface area (Å²) in [6.45, 7) is 6.63. The maximum Gasteiger partial charge on any atom is 0.240 e. The van der Waals surface area contributed by atoms with Crippen molar-refractivity contribution < 1.29 is 8.42 Å². The lowest BCUT2D eigenvalue weighted by Gasteiger charge is -2.29. The average molecular weight is 311 g/mol. The lowest BCUT2D eigenvalue weighted by atomic mass is 10.1. The monoisotopic (exact) mass is 311 g/mol. The predicted octanol–water partition coefficient (Wildman–Crippen LogP) is 1.73. The van der Waals surface area contributed by atoms with Crippen molar-refractivity contribution in [2.24, 2.45) is 0 Å². The number of nitrogens with one attached hydrogen (secondary N) is 1. The molecule has 6 heteroatoms. The van der Waals surface area contributed by atoms with Crippen LogP contribution >= 0.6 is 0 Å². The Labute approximate surface area is 127 Å². The Morgan fingerprint density at radius 1 is 1.29 bits per heavy atom. The van der Waals surface area contributed by atoms with E-state index in [2.05, 4.69) is 9.62 Å². The van der Waals surface area contributed by atoms with Crippen LogP contribution in [0.4, 0.5) is 5.69 Å². The SMILES string of the molecule is Cc1ccc(S(=O)(=O)NC(C)CN2CCCCC2)cc1N. The third kappa shape index (κ3) is 4.43. The molecule has 1 aromatic carbocycles. The highest BCUT2D eigenvalue weighted by Crippen LogP contribution is 2.17. The maximum atomic E-state index is 12.4. The van der Waals surface area contributed by atoms with Gasteiger partial charge in [-0.25, -0.2) is 13.1 Å². The first-order valence-corrected chi connectivity index (χ1v) is 8.97. The summed E-state index contributed by atoms with van der Waals surface area (Å²) in [7, 11) is -3.51. The van der Waals surface area contributed by atoms with Gasteiger partial charge in [-0.05, 0) is 57.5 Å². The summed E-state index contributed by atoms with van der Waals surface area (Å²) in [5.74, 6) is 0. The molecule has 1 unspecified atom stereocenters. The number of sulfonamides is 1. The van der Waals surface area contributed by atoms with E-state index in [1.807, 2.05) is 13.8 Å². The molecule has 1 aromatic rings. The molecule has 0 amide bonds. The van der Waals surface area contributed by atoms with Gasteiger partial charge >= 0.3 is 0 Å². The van der Waals surface area contributed by atoms with E-state index in [1.54, 1.807) is 12.1 Å². The van der Waals surface area contributed by atoms with Crippen LogP contribution in [-0.4, -0.2) is 39.0 Å². The van der Waals surface area contributed by atoms with Crippen LogP contribution in [-0.2, 0) is 10.0 Å². The third-order valence-corrected chi connectivity index (χ3v) is 5.49. The Morgan fingerprint density at radius 3 is 2.57 bits per heavy atom. The van der Waals surface area contributed by atoms with Crippen LogP contribution in [0.15, 0.2) is 23.1 Å². The van der Waals surface area contributed by atoms with Crippen molar-refractivity contribution in [1.82, 2.24) is 9.62 Å². The van der Waals surface area contributed by atoms with Gasteiger partial charge in [0.1, 0.15) is 0 Å². The number of piperidine rings is 1. The Morgan fingerprint density at radius 2 is 1.95 bits per heavy atom. The molecule has 118 valence electrons. The molecule has 1 aliphatic rings. The number of benzene rings is 1. The number of nitrogens with two attached hydrogens (primary N) is 1. The zero-order chi connectivity index (χ0) is 15.5. The molecular formula is C15H25N3O2S. The highest BCUT2D eigenvalue weighted by atomic mass is 32.2. The van der Waals surface area contributed by atoms with Gasteiger partial charge in [-0.3, -0.25) is 0 Å². The van der Waals surface area contributed by atoms with Crippen molar-refractivity contribution in [1.29, 1.82) is 0 Å². The quantitative estimate of drug-likeness (QED) is 0.812. The Kier molecular flexibility index (Phi) is 5.24. The topological polar surface area (TPSA) is 75.4 Å². The van der Waals surface area contributed by atoms with Gasteiger partial charge in [-0.15, -0.1) is 0 Å². The Bertz CT molecular complexity index is 581. The average Bonchev–Trinajstić information content (AvgIpc) is 2.42. The minimum absolute atomic E-state index is 0.115. The van der Waals surface area contributed by atoms with Crippen molar-refractivity contribution in [3.8, 4) is 0 Å². The summed E-state index contributed by atoms with van der Waals surface area (Å²) in [4.78, 5) is 2.55. The number of nitrogen functional groups attached to an aromatic ring is 1. The first-order valence-electron chi connectivity index (χ1n) is 7.49. The minimum Gasteiger partial charge on any atom is -0.398 e. The molecule has 0 aliphatic carbocycles. The number of hydrogen-bond donors (Lipinski definition) is 2. The molecule has 0 radical (unpaired) electrons. The van der Waals surface area contributed by atoms with Crippen molar-refractivity contribution in [2.45, 2.75) is 44.0 Å². The summed E-state index contributed by atoms with van der Waals surface area (Å²) >= 11 is 0. The molecular weight excluding hydrogens is 286 g/mol. The first-order chi connectivity index (χ1) is 9.88. The molecule has 1 saturated heterocycles. The zero-order valence-electron chi connectivity index (χ0n) is 12.8. The van der Waals surface area contributed by atoms with Crippen LogP contribution in [0.2, 0.25) is 0 Å². The molecule has 1 atom stereocenters. The molecule has 3 N–H and O–H groups in total. The van der Waals surface area contributed by atoms with Crippen LogP contribution in [0.3, 0.4) is 0 Å². The molecule has 0 spiro atoms. The van der Waals surface area contributed by atoms with Gasteiger partial charge in [0.15, 0.2) is 0 Å². The normalized spacial score (nSPS) is 18.6. The van der Waals surface area contributed by atoms with E-state index in [0.717, 1.165) is 25.2 Å². The van der Waals surface area contributed by atoms with Crippen LogP contribution in [0.25, 0.3) is 0 Å². The fourth-order valence-corrected chi connectivity index (χ4v) is 3.95. The molecule has 5 nitrogen and oxygen atoms in total. The van der Waals surface area contributed by atoms with E-state index in [4.69, 9.17) is 5.73 Å². The van der Waals surface area contributed by atoms with Crippen LogP contribution in [0.5, 0.6) is 0 Å². The first kappa shape index (κ1) is 16.3. The van der Waals surface area contributed by atoms with Gasteiger partial charge < -0.3 is 10.6 Å². The van der Waals surface area contributed by atoms with Crippen molar-refractivity contribution >= 4 is 15.7 Å². The minimum atomic E-state index is -3.51. The van der Waals surface area contributed by atoms with Crippen LogP contribution in [0.1, 0.15) is 31.7 Å². The summed E-state index contributed by atoms with van der Waals surface area (Å²) < 4.78 is 27.5. The second kappa shape index (κ2) is 6.77. The van der Waals surface area contributed by atoms with E-state index >= 15 is 0 Å². The van der Waals surface area contributed by atoms with E-state index in [-0.39, 0.29) is 10.9 Å². The summed E-state index contributed by atoms with van der Waals surface area (Å²) in [5, 5.41) is 0. The highest BCUT2D eigenvalue weighted by molar-refractivity contribution is 7.89. The Hall–Kier alpha value is -1.11. The standard InChI is InChI=1S/C15H25N3O2S/c1-12-6-7-14(10-15(12)16)21(19,20)17-13(2)11-18-8-4-3-5-9-18/h6-7,10,13,17H,3-5,8-9,11,16H2,1-2H3. The second-order valence-electron chi connectivity index (χ2n) is 5.90. The van der Waals surface area contributed by atoms with E-state index in [0.29, 0.717) is 5.69 Å². The van der Waals surface area contributed by atoms with Gasteiger partial charge in [0.25, 0.3) is 0 Å². The molecule has 1 heterocycles. The molecule has 21 heavy (non-hydrogen) atoms. The lowest BCUT2D eigenvalue weighted by Crippen LogP contribution is -2.43. The smallest absolute Gasteiger partial charge is 0.240 e. The molecule has 1 aliphatic heterocycles. The lowest BCUT2D eigenvalue weighted by molar-refractivity contribution is 0.215. The van der Waals surface area contributed by atoms with Crippen molar-refractivity contribution in [3.63, 3.8) is 0 Å². The number of aryl methyl sites for hydroxylation is 1. The molecule has 0 saturated carbocycles. The number of rotatable bonds is 5. The number of nitrogens with zero attached hydrogens (tertiary/aromatic N) is 1. The van der Waals surface area contributed by atoms with E-state index < -0.39 is 10.0 Å². The second-order valence-corrected chi connectivity index (χ2v) is 7.62. The highest BCUT2D eigenvalue weighted by Gasteiger charge is 2.20. The third-order valence-electron chi connectivity index (χ3n) is 3.90. The molecule has 0 bridgehead atoms.